The van der Waals surface area contributed by atoms with Crippen molar-refractivity contribution in [3.8, 4) is 0 Å². The fraction of sp³-hybridized carbons (Fsp3) is 0.864. The van der Waals surface area contributed by atoms with Crippen LogP contribution in [0, 0.1) is 0 Å². The van der Waals surface area contributed by atoms with Gasteiger partial charge in [0.2, 0.25) is 5.91 Å². The third-order valence-electron chi connectivity index (χ3n) is 4.90. The number of amides is 4. The molecule has 0 aromatic rings. The second-order valence-electron chi connectivity index (χ2n) is 7.64. The second kappa shape index (κ2) is 20.0. The lowest BCUT2D eigenvalue weighted by molar-refractivity contribution is -0.127. The van der Waals surface area contributed by atoms with E-state index in [0.29, 0.717) is 12.2 Å². The van der Waals surface area contributed by atoms with Crippen molar-refractivity contribution in [2.24, 2.45) is 5.73 Å². The molecule has 0 aromatic carbocycles. The number of carbonyl (C=O) groups excluding carboxylic acids is 3. The van der Waals surface area contributed by atoms with Gasteiger partial charge in [0.05, 0.1) is 0 Å². The van der Waals surface area contributed by atoms with E-state index in [1.54, 1.807) is 18.7 Å². The fourth-order valence-corrected chi connectivity index (χ4v) is 4.16. The van der Waals surface area contributed by atoms with Crippen molar-refractivity contribution in [2.45, 2.75) is 110 Å². The van der Waals surface area contributed by atoms with Gasteiger partial charge in [-0.25, -0.2) is 4.79 Å². The average molecular weight is 430 g/mol. The molecule has 6 nitrogen and oxygen atoms in total. The van der Waals surface area contributed by atoms with Crippen LogP contribution in [0.4, 0.5) is 4.79 Å². The van der Waals surface area contributed by atoms with Gasteiger partial charge in [-0.05, 0) is 12.2 Å². The summed E-state index contributed by atoms with van der Waals surface area (Å²) in [4.78, 5) is 34.4. The molecule has 0 saturated carbocycles. The molecule has 0 heterocycles. The number of nitrogens with one attached hydrogen (secondary N) is 2. The van der Waals surface area contributed by atoms with E-state index in [-0.39, 0.29) is 5.91 Å². The molecule has 0 aromatic heterocycles. The molecule has 0 aliphatic carbocycles. The topological polar surface area (TPSA) is 101 Å². The number of primary amides is 1. The van der Waals surface area contributed by atoms with Crippen LogP contribution in [0.3, 0.4) is 0 Å². The van der Waals surface area contributed by atoms with Crippen LogP contribution in [0.15, 0.2) is 0 Å². The zero-order valence-electron chi connectivity index (χ0n) is 18.6. The largest absolute Gasteiger partial charge is 0.351 e. The molecule has 1 unspecified atom stereocenters. The third-order valence-corrected chi connectivity index (χ3v) is 6.04. The first-order valence-electron chi connectivity index (χ1n) is 11.5. The molecular weight excluding hydrogens is 386 g/mol. The maximum Gasteiger partial charge on any atom is 0.318 e. The molecule has 1 atom stereocenters. The van der Waals surface area contributed by atoms with Gasteiger partial charge in [-0.15, -0.1) is 0 Å². The first-order valence-corrected chi connectivity index (χ1v) is 12.6. The van der Waals surface area contributed by atoms with Crippen LogP contribution in [-0.4, -0.2) is 35.4 Å². The molecular formula is C22H43N3O3S. The normalized spacial score (nSPS) is 11.8. The van der Waals surface area contributed by atoms with Gasteiger partial charge in [0, 0.05) is 12.2 Å². The number of rotatable bonds is 19. The number of nitrogens with two attached hydrogens (primary N) is 1. The molecule has 4 N–H and O–H groups in total. The highest BCUT2D eigenvalue weighted by molar-refractivity contribution is 7.99. The van der Waals surface area contributed by atoms with Gasteiger partial charge in [-0.1, -0.05) is 90.9 Å². The number of urea groups is 1. The number of carbonyl (C=O) groups is 3. The number of thioether (sulfide) groups is 1. The Hall–Kier alpha value is -1.24. The Morgan fingerprint density at radius 1 is 0.793 bits per heavy atom. The van der Waals surface area contributed by atoms with Gasteiger partial charge in [0.25, 0.3) is 5.91 Å². The lowest BCUT2D eigenvalue weighted by Gasteiger charge is -2.16. The van der Waals surface area contributed by atoms with Crippen LogP contribution in [0.25, 0.3) is 0 Å². The zero-order chi connectivity index (χ0) is 21.7. The summed E-state index contributed by atoms with van der Waals surface area (Å²) in [5, 5.41) is 4.69. The molecule has 0 saturated heterocycles. The fourth-order valence-electron chi connectivity index (χ4n) is 3.11. The Morgan fingerprint density at radius 3 is 1.72 bits per heavy atom. The Balaban J connectivity index is 3.63. The number of hydrogen-bond acceptors (Lipinski definition) is 4. The van der Waals surface area contributed by atoms with E-state index in [1.807, 2.05) is 5.32 Å². The molecule has 0 aliphatic rings. The molecule has 7 heteroatoms. The summed E-state index contributed by atoms with van der Waals surface area (Å²) in [5.41, 5.74) is 4.99. The van der Waals surface area contributed by atoms with Crippen molar-refractivity contribution in [1.82, 2.24) is 10.6 Å². The van der Waals surface area contributed by atoms with Gasteiger partial charge in [-0.2, -0.15) is 11.8 Å². The van der Waals surface area contributed by atoms with Gasteiger partial charge in [-0.3, -0.25) is 14.9 Å². The monoisotopic (exact) mass is 429 g/mol. The summed E-state index contributed by atoms with van der Waals surface area (Å²) in [6.07, 6.45) is 17.5. The SMILES string of the molecule is CCCCCCCCCCCCCCCSCC(NC(=O)CC)C(=O)NC(N)=O. The number of hydrogen-bond donors (Lipinski definition) is 3. The van der Waals surface area contributed by atoms with Gasteiger partial charge < -0.3 is 11.1 Å². The van der Waals surface area contributed by atoms with Crippen LogP contribution >= 0.6 is 11.8 Å². The van der Waals surface area contributed by atoms with Crippen molar-refractivity contribution in [2.75, 3.05) is 11.5 Å². The van der Waals surface area contributed by atoms with Gasteiger partial charge in [0.15, 0.2) is 0 Å². The summed E-state index contributed by atoms with van der Waals surface area (Å²) in [6, 6.07) is -1.62. The maximum atomic E-state index is 11.9. The van der Waals surface area contributed by atoms with Gasteiger partial charge >= 0.3 is 6.03 Å². The van der Waals surface area contributed by atoms with E-state index in [9.17, 15) is 14.4 Å². The van der Waals surface area contributed by atoms with E-state index in [0.717, 1.165) is 12.2 Å². The molecule has 0 radical (unpaired) electrons. The van der Waals surface area contributed by atoms with Crippen LogP contribution in [0.5, 0.6) is 0 Å². The lowest BCUT2D eigenvalue weighted by atomic mass is 10.1. The van der Waals surface area contributed by atoms with Crippen LogP contribution in [-0.2, 0) is 9.59 Å². The van der Waals surface area contributed by atoms with Crippen LogP contribution in [0.1, 0.15) is 104 Å². The minimum absolute atomic E-state index is 0.212. The molecule has 0 spiro atoms. The summed E-state index contributed by atoms with van der Waals surface area (Å²) < 4.78 is 0. The third kappa shape index (κ3) is 18.5. The summed E-state index contributed by atoms with van der Waals surface area (Å²) in [7, 11) is 0. The highest BCUT2D eigenvalue weighted by Crippen LogP contribution is 2.14. The molecule has 29 heavy (non-hydrogen) atoms. The number of unbranched alkanes of at least 4 members (excludes halogenated alkanes) is 12. The predicted molar refractivity (Wildman–Crippen MR) is 123 cm³/mol. The van der Waals surface area contributed by atoms with Gasteiger partial charge in [0.1, 0.15) is 6.04 Å². The second-order valence-corrected chi connectivity index (χ2v) is 8.79. The van der Waals surface area contributed by atoms with Crippen molar-refractivity contribution in [3.63, 3.8) is 0 Å². The smallest absolute Gasteiger partial charge is 0.318 e. The van der Waals surface area contributed by atoms with Crippen molar-refractivity contribution in [3.05, 3.63) is 0 Å². The summed E-state index contributed by atoms with van der Waals surface area (Å²) >= 11 is 1.62. The van der Waals surface area contributed by atoms with Crippen LogP contribution < -0.4 is 16.4 Å². The Labute approximate surface area is 181 Å². The molecule has 0 rings (SSSR count). The number of imide groups is 1. The quantitative estimate of drug-likeness (QED) is 0.254. The Kier molecular flexibility index (Phi) is 19.2. The highest BCUT2D eigenvalue weighted by Gasteiger charge is 2.21. The van der Waals surface area contributed by atoms with E-state index in [2.05, 4.69) is 12.2 Å². The predicted octanol–water partition coefficient (Wildman–Crippen LogP) is 4.90. The average Bonchev–Trinajstić information content (AvgIpc) is 2.69. The minimum atomic E-state index is -0.896. The molecule has 4 amide bonds. The zero-order valence-corrected chi connectivity index (χ0v) is 19.4. The lowest BCUT2D eigenvalue weighted by Crippen LogP contribution is -2.51. The van der Waals surface area contributed by atoms with Crippen molar-refractivity contribution in [1.29, 1.82) is 0 Å². The van der Waals surface area contributed by atoms with E-state index in [1.165, 1.54) is 77.0 Å². The molecule has 170 valence electrons. The molecule has 0 bridgehead atoms. The van der Waals surface area contributed by atoms with E-state index < -0.39 is 18.0 Å². The Morgan fingerprint density at radius 2 is 1.28 bits per heavy atom. The summed E-state index contributed by atoms with van der Waals surface area (Å²) in [5.74, 6) is 0.636. The van der Waals surface area contributed by atoms with Crippen LogP contribution in [0.2, 0.25) is 0 Å². The van der Waals surface area contributed by atoms with Crippen molar-refractivity contribution >= 4 is 29.6 Å². The first kappa shape index (κ1) is 27.8. The van der Waals surface area contributed by atoms with E-state index in [4.69, 9.17) is 5.73 Å². The molecule has 0 aliphatic heterocycles. The minimum Gasteiger partial charge on any atom is -0.351 e. The first-order chi connectivity index (χ1) is 14.0. The Bertz CT molecular complexity index is 447. The summed E-state index contributed by atoms with van der Waals surface area (Å²) in [6.45, 7) is 3.98. The molecule has 0 fully saturated rings. The van der Waals surface area contributed by atoms with E-state index >= 15 is 0 Å². The highest BCUT2D eigenvalue weighted by atomic mass is 32.2. The standard InChI is InChI=1S/C22H43N3O3S/c1-3-5-6-7-8-9-10-11-12-13-14-15-16-17-29-18-19(24-20(26)4-2)21(27)25-22(23)28/h19H,3-18H2,1-2H3,(H,24,26)(H3,23,25,27,28). The maximum absolute atomic E-state index is 11.9. The van der Waals surface area contributed by atoms with Crippen molar-refractivity contribution < 1.29 is 14.4 Å².